The lowest BCUT2D eigenvalue weighted by atomic mass is 10.2. The van der Waals surface area contributed by atoms with Crippen LogP contribution in [0.3, 0.4) is 0 Å². The van der Waals surface area contributed by atoms with Gasteiger partial charge in [-0.25, -0.2) is 8.42 Å². The fraction of sp³-hybridized carbons (Fsp3) is 0.294. The number of benzene rings is 1. The Balaban J connectivity index is 1.44. The smallest absolute Gasteiger partial charge is 0.251 e. The minimum absolute atomic E-state index is 0.0592. The van der Waals surface area contributed by atoms with Crippen molar-refractivity contribution in [3.63, 3.8) is 0 Å². The van der Waals surface area contributed by atoms with Crippen LogP contribution in [0.5, 0.6) is 0 Å². The maximum absolute atomic E-state index is 12.3. The van der Waals surface area contributed by atoms with Crippen molar-refractivity contribution in [3.8, 4) is 0 Å². The largest absolute Gasteiger partial charge is 0.467 e. The predicted molar refractivity (Wildman–Crippen MR) is 106 cm³/mol. The average molecular weight is 426 g/mol. The Bertz CT molecular complexity index is 1010. The Hall–Kier alpha value is -1.97. The summed E-state index contributed by atoms with van der Waals surface area (Å²) in [6, 6.07) is 8.23. The van der Waals surface area contributed by atoms with Gasteiger partial charge >= 0.3 is 0 Å². The molecule has 2 N–H and O–H groups in total. The molecule has 10 heteroatoms. The second-order valence-electron chi connectivity index (χ2n) is 6.32. The molecule has 27 heavy (non-hydrogen) atoms. The van der Waals surface area contributed by atoms with Crippen LogP contribution in [0, 0.1) is 0 Å². The van der Waals surface area contributed by atoms with Crippen molar-refractivity contribution in [2.75, 3.05) is 16.8 Å². The highest BCUT2D eigenvalue weighted by Crippen LogP contribution is 2.35. The van der Waals surface area contributed by atoms with E-state index in [2.05, 4.69) is 15.6 Å². The van der Waals surface area contributed by atoms with Crippen LogP contribution in [0.25, 0.3) is 0 Å². The van der Waals surface area contributed by atoms with Crippen LogP contribution < -0.4 is 10.6 Å². The first-order chi connectivity index (χ1) is 12.9. The lowest BCUT2D eigenvalue weighted by molar-refractivity contribution is 0.0948. The molecule has 1 saturated heterocycles. The van der Waals surface area contributed by atoms with E-state index in [4.69, 9.17) is 16.0 Å². The van der Waals surface area contributed by atoms with Crippen LogP contribution in [-0.4, -0.2) is 42.3 Å². The third-order valence-electron chi connectivity index (χ3n) is 4.29. The zero-order valence-corrected chi connectivity index (χ0v) is 16.4. The molecule has 0 bridgehead atoms. The number of anilines is 1. The van der Waals surface area contributed by atoms with Gasteiger partial charge in [0, 0.05) is 10.8 Å². The number of thioether (sulfide) groups is 1. The number of fused-ring (bicyclic) bond motifs is 1. The molecule has 1 fully saturated rings. The number of aliphatic imine (C=N–C) groups is 1. The van der Waals surface area contributed by atoms with E-state index < -0.39 is 9.84 Å². The van der Waals surface area contributed by atoms with Gasteiger partial charge in [-0.05, 0) is 30.3 Å². The molecule has 7 nitrogen and oxygen atoms in total. The van der Waals surface area contributed by atoms with Crippen molar-refractivity contribution in [1.82, 2.24) is 5.32 Å². The molecule has 2 aliphatic rings. The zero-order valence-electron chi connectivity index (χ0n) is 14.0. The molecule has 4 rings (SSSR count). The Morgan fingerprint density at radius 3 is 2.93 bits per heavy atom. The summed E-state index contributed by atoms with van der Waals surface area (Å²) >= 11 is 7.63. The molecule has 0 radical (unpaired) electrons. The van der Waals surface area contributed by atoms with E-state index in [1.807, 2.05) is 0 Å². The summed E-state index contributed by atoms with van der Waals surface area (Å²) in [6.45, 7) is 0.289. The topological polar surface area (TPSA) is 101 Å². The normalized spacial score (nSPS) is 22.9. The van der Waals surface area contributed by atoms with Gasteiger partial charge in [0.1, 0.15) is 5.76 Å². The molecular formula is C17H16ClN3O4S2. The van der Waals surface area contributed by atoms with Gasteiger partial charge in [0.25, 0.3) is 5.91 Å². The van der Waals surface area contributed by atoms with Crippen molar-refractivity contribution >= 4 is 50.0 Å². The van der Waals surface area contributed by atoms with Gasteiger partial charge in [-0.3, -0.25) is 9.79 Å². The van der Waals surface area contributed by atoms with Gasteiger partial charge in [0.2, 0.25) is 0 Å². The molecular weight excluding hydrogens is 410 g/mol. The first kappa shape index (κ1) is 18.4. The number of rotatable bonds is 4. The number of hydrogen-bond acceptors (Lipinski definition) is 7. The number of carbonyl (C=O) groups excluding carboxylic acids is 1. The second kappa shape index (κ2) is 7.21. The molecule has 0 saturated carbocycles. The summed E-state index contributed by atoms with van der Waals surface area (Å²) < 4.78 is 28.5. The average Bonchev–Trinajstić information content (AvgIpc) is 3.29. The van der Waals surface area contributed by atoms with Crippen molar-refractivity contribution in [3.05, 3.63) is 52.9 Å². The van der Waals surface area contributed by atoms with Crippen LogP contribution in [0.1, 0.15) is 16.1 Å². The van der Waals surface area contributed by atoms with E-state index in [-0.39, 0.29) is 35.2 Å². The highest BCUT2D eigenvalue weighted by Gasteiger charge is 2.42. The molecule has 0 spiro atoms. The lowest BCUT2D eigenvalue weighted by Crippen LogP contribution is -2.22. The van der Waals surface area contributed by atoms with Crippen molar-refractivity contribution in [1.29, 1.82) is 0 Å². The Kier molecular flexibility index (Phi) is 4.92. The zero-order chi connectivity index (χ0) is 19.0. The third kappa shape index (κ3) is 4.15. The van der Waals surface area contributed by atoms with Crippen LogP contribution in [0.2, 0.25) is 5.02 Å². The monoisotopic (exact) mass is 425 g/mol. The summed E-state index contributed by atoms with van der Waals surface area (Å²) in [4.78, 5) is 16.8. The number of carbonyl (C=O) groups is 1. The van der Waals surface area contributed by atoms with Gasteiger partial charge in [-0.2, -0.15) is 0 Å². The predicted octanol–water partition coefficient (Wildman–Crippen LogP) is 2.54. The first-order valence-electron chi connectivity index (χ1n) is 8.22. The van der Waals surface area contributed by atoms with E-state index in [0.717, 1.165) is 0 Å². The molecule has 2 atom stereocenters. The maximum atomic E-state index is 12.3. The first-order valence-corrected chi connectivity index (χ1v) is 11.3. The molecule has 3 heterocycles. The van der Waals surface area contributed by atoms with Crippen LogP contribution in [-0.2, 0) is 16.4 Å². The molecule has 0 aliphatic carbocycles. The highest BCUT2D eigenvalue weighted by atomic mass is 35.5. The van der Waals surface area contributed by atoms with Gasteiger partial charge in [-0.15, -0.1) is 0 Å². The van der Waals surface area contributed by atoms with E-state index in [0.29, 0.717) is 27.2 Å². The number of amides is 1. The standard InChI is InChI=1S/C17H16ClN3O4S2/c18-12-4-3-10(16(22)19-7-11-2-1-5-25-11)6-13(12)20-17-21-14-8-27(23,24)9-15(14)26-17/h1-6,14-15H,7-9H2,(H,19,22)(H,20,21)/t14-,15-/m0/s1. The summed E-state index contributed by atoms with van der Waals surface area (Å²) in [5.41, 5.74) is 0.997. The number of nitrogens with zero attached hydrogens (tertiary/aromatic N) is 1. The van der Waals surface area contributed by atoms with Crippen molar-refractivity contribution < 1.29 is 17.6 Å². The minimum Gasteiger partial charge on any atom is -0.467 e. The van der Waals surface area contributed by atoms with Gasteiger partial charge in [0.05, 0.1) is 41.1 Å². The van der Waals surface area contributed by atoms with Crippen molar-refractivity contribution in [2.24, 2.45) is 4.99 Å². The molecule has 1 amide bonds. The summed E-state index contributed by atoms with van der Waals surface area (Å²) in [7, 11) is -3.00. The van der Waals surface area contributed by atoms with E-state index in [1.165, 1.54) is 11.8 Å². The Morgan fingerprint density at radius 1 is 1.33 bits per heavy atom. The number of amidine groups is 1. The molecule has 2 aliphatic heterocycles. The molecule has 142 valence electrons. The van der Waals surface area contributed by atoms with Crippen LogP contribution >= 0.6 is 23.4 Å². The highest BCUT2D eigenvalue weighted by molar-refractivity contribution is 8.15. The van der Waals surface area contributed by atoms with E-state index in [1.54, 1.807) is 36.6 Å². The summed E-state index contributed by atoms with van der Waals surface area (Å²) in [6.07, 6.45) is 1.55. The SMILES string of the molecule is O=C(NCc1ccco1)c1ccc(Cl)c(NC2=N[C@H]3CS(=O)(=O)C[C@@H]3S2)c1. The summed E-state index contributed by atoms with van der Waals surface area (Å²) in [5, 5.41) is 6.91. The summed E-state index contributed by atoms with van der Waals surface area (Å²) in [5.74, 6) is 0.627. The maximum Gasteiger partial charge on any atom is 0.251 e. The number of hydrogen-bond donors (Lipinski definition) is 2. The van der Waals surface area contributed by atoms with Crippen molar-refractivity contribution in [2.45, 2.75) is 17.8 Å². The molecule has 2 aromatic rings. The molecule has 0 unspecified atom stereocenters. The number of furan rings is 1. The third-order valence-corrected chi connectivity index (χ3v) is 7.76. The Morgan fingerprint density at radius 2 is 2.19 bits per heavy atom. The van der Waals surface area contributed by atoms with Gasteiger partial charge in [0.15, 0.2) is 15.0 Å². The minimum atomic E-state index is -3.00. The quantitative estimate of drug-likeness (QED) is 0.780. The lowest BCUT2D eigenvalue weighted by Gasteiger charge is -2.11. The number of nitrogens with one attached hydrogen (secondary N) is 2. The number of halogens is 1. The second-order valence-corrected chi connectivity index (χ2v) is 10.1. The fourth-order valence-corrected chi connectivity index (χ4v) is 6.81. The fourth-order valence-electron chi connectivity index (χ4n) is 2.98. The number of sulfone groups is 1. The molecule has 1 aromatic carbocycles. The van der Waals surface area contributed by atoms with Gasteiger partial charge in [-0.1, -0.05) is 23.4 Å². The Labute approximate surface area is 165 Å². The van der Waals surface area contributed by atoms with Crippen LogP contribution in [0.4, 0.5) is 5.69 Å². The van der Waals surface area contributed by atoms with Gasteiger partial charge < -0.3 is 15.1 Å². The van der Waals surface area contributed by atoms with Crippen LogP contribution in [0.15, 0.2) is 46.0 Å². The van der Waals surface area contributed by atoms with E-state index >= 15 is 0 Å². The molecule has 1 aromatic heterocycles. The van der Waals surface area contributed by atoms with E-state index in [9.17, 15) is 13.2 Å².